The largest absolute Gasteiger partial charge is 0.488 e. The van der Waals surface area contributed by atoms with Gasteiger partial charge in [-0.2, -0.15) is 5.10 Å². The Hall–Kier alpha value is -2.44. The van der Waals surface area contributed by atoms with E-state index in [0.717, 1.165) is 5.56 Å². The molecule has 2 aromatic carbocycles. The van der Waals surface area contributed by atoms with Crippen LogP contribution in [0.3, 0.4) is 0 Å². The van der Waals surface area contributed by atoms with Crippen LogP contribution in [0.5, 0.6) is 0 Å². The van der Waals surface area contributed by atoms with Crippen molar-refractivity contribution in [3.05, 3.63) is 70.5 Å². The standard InChI is InChI=1S/C15H13BN2O3/c19-15-9-17-18(14-8-4-2-6-12(14)15)10-11-5-1-3-7-13(11)16(20)21/h1-9,20-21H,10H2. The Kier molecular flexibility index (Phi) is 3.56. The third-order valence-electron chi connectivity index (χ3n) is 3.42. The molecule has 0 aliphatic heterocycles. The zero-order valence-electron chi connectivity index (χ0n) is 11.2. The summed E-state index contributed by atoms with van der Waals surface area (Å²) >= 11 is 0. The van der Waals surface area contributed by atoms with Crippen molar-refractivity contribution in [3.8, 4) is 0 Å². The summed E-state index contributed by atoms with van der Waals surface area (Å²) in [6.07, 6.45) is 1.28. The lowest BCUT2D eigenvalue weighted by Crippen LogP contribution is -2.33. The van der Waals surface area contributed by atoms with Gasteiger partial charge in [0.2, 0.25) is 5.43 Å². The third-order valence-corrected chi connectivity index (χ3v) is 3.42. The second kappa shape index (κ2) is 5.51. The van der Waals surface area contributed by atoms with Crippen LogP contribution in [0, 0.1) is 0 Å². The van der Waals surface area contributed by atoms with Crippen molar-refractivity contribution in [1.29, 1.82) is 0 Å². The number of nitrogens with zero attached hydrogens (tertiary/aromatic N) is 2. The van der Waals surface area contributed by atoms with E-state index in [4.69, 9.17) is 0 Å². The monoisotopic (exact) mass is 280 g/mol. The second-order valence-corrected chi connectivity index (χ2v) is 4.76. The van der Waals surface area contributed by atoms with Gasteiger partial charge < -0.3 is 10.0 Å². The van der Waals surface area contributed by atoms with Gasteiger partial charge in [-0.3, -0.25) is 9.48 Å². The molecule has 0 bridgehead atoms. The first kappa shape index (κ1) is 13.5. The highest BCUT2D eigenvalue weighted by atomic mass is 16.4. The van der Waals surface area contributed by atoms with E-state index in [1.807, 2.05) is 24.3 Å². The minimum absolute atomic E-state index is 0.127. The number of para-hydroxylation sites is 1. The maximum atomic E-state index is 11.8. The topological polar surface area (TPSA) is 75.4 Å². The molecule has 0 saturated heterocycles. The summed E-state index contributed by atoms with van der Waals surface area (Å²) in [6, 6.07) is 14.3. The van der Waals surface area contributed by atoms with Crippen molar-refractivity contribution in [3.63, 3.8) is 0 Å². The summed E-state index contributed by atoms with van der Waals surface area (Å²) in [5, 5.41) is 23.6. The van der Waals surface area contributed by atoms with E-state index in [1.54, 1.807) is 28.9 Å². The van der Waals surface area contributed by atoms with Crippen molar-refractivity contribution >= 4 is 23.5 Å². The summed E-state index contributed by atoms with van der Waals surface area (Å²) in [4.78, 5) is 11.8. The van der Waals surface area contributed by atoms with Crippen molar-refractivity contribution in [2.75, 3.05) is 0 Å². The van der Waals surface area contributed by atoms with Crippen molar-refractivity contribution < 1.29 is 10.0 Å². The van der Waals surface area contributed by atoms with Crippen LogP contribution in [-0.4, -0.2) is 26.9 Å². The van der Waals surface area contributed by atoms with Crippen LogP contribution < -0.4 is 10.9 Å². The summed E-state index contributed by atoms with van der Waals surface area (Å²) in [6.45, 7) is 0.356. The molecule has 0 aliphatic rings. The molecule has 6 heteroatoms. The van der Waals surface area contributed by atoms with Gasteiger partial charge in [-0.25, -0.2) is 0 Å². The van der Waals surface area contributed by atoms with Crippen LogP contribution in [0.15, 0.2) is 59.5 Å². The molecule has 0 radical (unpaired) electrons. The predicted octanol–water partition coefficient (Wildman–Crippen LogP) is 0.125. The first-order valence-electron chi connectivity index (χ1n) is 6.55. The first-order valence-corrected chi connectivity index (χ1v) is 6.55. The van der Waals surface area contributed by atoms with Crippen LogP contribution in [-0.2, 0) is 6.54 Å². The minimum atomic E-state index is -1.54. The molecule has 1 aromatic heterocycles. The highest BCUT2D eigenvalue weighted by Crippen LogP contribution is 2.10. The number of rotatable bonds is 3. The smallest absolute Gasteiger partial charge is 0.423 e. The maximum Gasteiger partial charge on any atom is 0.488 e. The zero-order chi connectivity index (χ0) is 14.8. The number of aromatic nitrogens is 2. The van der Waals surface area contributed by atoms with E-state index < -0.39 is 7.12 Å². The fourth-order valence-electron chi connectivity index (χ4n) is 2.38. The molecule has 0 atom stereocenters. The fraction of sp³-hybridized carbons (Fsp3) is 0.0667. The molecule has 0 unspecified atom stereocenters. The zero-order valence-corrected chi connectivity index (χ0v) is 11.2. The molecule has 1 heterocycles. The maximum absolute atomic E-state index is 11.8. The van der Waals surface area contributed by atoms with Gasteiger partial charge in [-0.05, 0) is 23.2 Å². The van der Waals surface area contributed by atoms with Crippen LogP contribution in [0.25, 0.3) is 10.9 Å². The Morgan fingerprint density at radius 3 is 2.57 bits per heavy atom. The first-order chi connectivity index (χ1) is 10.2. The molecule has 3 aromatic rings. The lowest BCUT2D eigenvalue weighted by atomic mass is 9.77. The van der Waals surface area contributed by atoms with Gasteiger partial charge >= 0.3 is 7.12 Å². The lowest BCUT2D eigenvalue weighted by Gasteiger charge is -2.12. The Balaban J connectivity index is 2.11. The molecule has 0 aliphatic carbocycles. The fourth-order valence-corrected chi connectivity index (χ4v) is 2.38. The Morgan fingerprint density at radius 2 is 1.76 bits per heavy atom. The van der Waals surface area contributed by atoms with Crippen LogP contribution in [0.2, 0.25) is 0 Å². The normalized spacial score (nSPS) is 10.8. The average molecular weight is 280 g/mol. The number of hydrogen-bond donors (Lipinski definition) is 2. The van der Waals surface area contributed by atoms with E-state index in [-0.39, 0.29) is 5.43 Å². The van der Waals surface area contributed by atoms with E-state index in [2.05, 4.69) is 5.10 Å². The van der Waals surface area contributed by atoms with Crippen molar-refractivity contribution in [1.82, 2.24) is 9.78 Å². The van der Waals surface area contributed by atoms with Gasteiger partial charge in [0.25, 0.3) is 0 Å². The van der Waals surface area contributed by atoms with Crippen molar-refractivity contribution in [2.24, 2.45) is 0 Å². The van der Waals surface area contributed by atoms with Crippen LogP contribution in [0.4, 0.5) is 0 Å². The Labute approximate surface area is 121 Å². The molecule has 5 nitrogen and oxygen atoms in total. The predicted molar refractivity (Wildman–Crippen MR) is 81.4 cm³/mol. The van der Waals surface area contributed by atoms with Gasteiger partial charge in [0.15, 0.2) is 0 Å². The van der Waals surface area contributed by atoms with E-state index in [0.29, 0.717) is 22.9 Å². The van der Waals surface area contributed by atoms with Gasteiger partial charge in [0.1, 0.15) is 0 Å². The summed E-state index contributed by atoms with van der Waals surface area (Å²) in [7, 11) is -1.54. The highest BCUT2D eigenvalue weighted by Gasteiger charge is 2.16. The highest BCUT2D eigenvalue weighted by molar-refractivity contribution is 6.59. The van der Waals surface area contributed by atoms with Crippen molar-refractivity contribution in [2.45, 2.75) is 6.54 Å². The molecule has 0 spiro atoms. The summed E-state index contributed by atoms with van der Waals surface area (Å²) in [5.41, 5.74) is 1.76. The molecule has 0 amide bonds. The molecule has 0 saturated carbocycles. The van der Waals surface area contributed by atoms with E-state index in [1.165, 1.54) is 6.20 Å². The lowest BCUT2D eigenvalue weighted by molar-refractivity contribution is 0.425. The second-order valence-electron chi connectivity index (χ2n) is 4.76. The van der Waals surface area contributed by atoms with Gasteiger partial charge in [0.05, 0.1) is 18.3 Å². The number of benzene rings is 2. The van der Waals surface area contributed by atoms with E-state index in [9.17, 15) is 14.8 Å². The van der Waals surface area contributed by atoms with Crippen LogP contribution >= 0.6 is 0 Å². The van der Waals surface area contributed by atoms with Gasteiger partial charge in [-0.1, -0.05) is 36.4 Å². The quantitative estimate of drug-likeness (QED) is 0.668. The molecule has 21 heavy (non-hydrogen) atoms. The van der Waals surface area contributed by atoms with E-state index >= 15 is 0 Å². The Bertz CT molecular complexity index is 845. The Morgan fingerprint density at radius 1 is 1.05 bits per heavy atom. The molecular formula is C15H13BN2O3. The number of fused-ring (bicyclic) bond motifs is 1. The van der Waals surface area contributed by atoms with Gasteiger partial charge in [0, 0.05) is 5.39 Å². The minimum Gasteiger partial charge on any atom is -0.423 e. The summed E-state index contributed by atoms with van der Waals surface area (Å²) in [5.74, 6) is 0. The van der Waals surface area contributed by atoms with Crippen LogP contribution in [0.1, 0.15) is 5.56 Å². The van der Waals surface area contributed by atoms with Gasteiger partial charge in [-0.15, -0.1) is 0 Å². The molecule has 2 N–H and O–H groups in total. The number of hydrogen-bond acceptors (Lipinski definition) is 4. The summed E-state index contributed by atoms with van der Waals surface area (Å²) < 4.78 is 1.68. The molecule has 104 valence electrons. The third kappa shape index (κ3) is 2.59. The molecular weight excluding hydrogens is 267 g/mol. The average Bonchev–Trinajstić information content (AvgIpc) is 2.51. The molecule has 0 fully saturated rings. The SMILES string of the molecule is O=c1cnn(Cc2ccccc2B(O)O)c2ccccc12. The molecule has 3 rings (SSSR count).